The standard InChI is InChI=1S/C29H31F2N3O3/c1-18-3-4-21(11-19(18)2)12-26(23-13-24(30)15-25(31)14-23)28-33-27(34-37-28)22-7-5-20(6-8-22)9-10-29(32,16-35)17-36/h3-8,11,13-15,26,35-36H,9-10,12,16-17,32H2,1-2H3. The Bertz CT molecular complexity index is 1330. The average Bonchev–Trinajstić information content (AvgIpc) is 3.37. The molecule has 0 saturated heterocycles. The fraction of sp³-hybridized carbons (Fsp3) is 0.310. The molecule has 0 radical (unpaired) electrons. The van der Waals surface area contributed by atoms with E-state index >= 15 is 0 Å². The molecule has 194 valence electrons. The largest absolute Gasteiger partial charge is 0.394 e. The molecule has 1 atom stereocenters. The zero-order chi connectivity index (χ0) is 26.6. The molecule has 0 amide bonds. The first-order valence-corrected chi connectivity index (χ1v) is 12.2. The Balaban J connectivity index is 1.60. The van der Waals surface area contributed by atoms with E-state index in [0.29, 0.717) is 30.7 Å². The summed E-state index contributed by atoms with van der Waals surface area (Å²) in [6, 6.07) is 17.0. The second-order valence-corrected chi connectivity index (χ2v) is 9.71. The Labute approximate surface area is 214 Å². The molecule has 0 fully saturated rings. The summed E-state index contributed by atoms with van der Waals surface area (Å²) in [5.41, 5.74) is 10.3. The van der Waals surface area contributed by atoms with E-state index in [1.807, 2.05) is 50.2 Å². The minimum Gasteiger partial charge on any atom is -0.394 e. The lowest BCUT2D eigenvalue weighted by atomic mass is 9.90. The molecule has 1 aromatic heterocycles. The molecular weight excluding hydrogens is 476 g/mol. The summed E-state index contributed by atoms with van der Waals surface area (Å²) in [5.74, 6) is -1.25. The van der Waals surface area contributed by atoms with Crippen LogP contribution in [0.15, 0.2) is 65.2 Å². The predicted molar refractivity (Wildman–Crippen MR) is 137 cm³/mol. The Kier molecular flexibility index (Phi) is 8.12. The molecule has 6 nitrogen and oxygen atoms in total. The first kappa shape index (κ1) is 26.6. The van der Waals surface area contributed by atoms with Crippen LogP contribution in [0.4, 0.5) is 8.78 Å². The molecule has 1 heterocycles. The summed E-state index contributed by atoms with van der Waals surface area (Å²) in [6.07, 6.45) is 1.44. The van der Waals surface area contributed by atoms with Gasteiger partial charge in [-0.2, -0.15) is 4.98 Å². The van der Waals surface area contributed by atoms with Gasteiger partial charge in [-0.05, 0) is 73.1 Å². The van der Waals surface area contributed by atoms with Crippen molar-refractivity contribution in [1.82, 2.24) is 10.1 Å². The minimum absolute atomic E-state index is 0.265. The predicted octanol–water partition coefficient (Wildman–Crippen LogP) is 4.62. The Morgan fingerprint density at radius 1 is 0.892 bits per heavy atom. The minimum atomic E-state index is -1.03. The highest BCUT2D eigenvalue weighted by Gasteiger charge is 2.25. The lowest BCUT2D eigenvalue weighted by Gasteiger charge is -2.24. The van der Waals surface area contributed by atoms with Crippen molar-refractivity contribution >= 4 is 0 Å². The SMILES string of the molecule is Cc1ccc(CC(c2cc(F)cc(F)c2)c2nc(-c3ccc(CCC(N)(CO)CO)cc3)no2)cc1C. The number of rotatable bonds is 10. The Morgan fingerprint density at radius 3 is 2.16 bits per heavy atom. The van der Waals surface area contributed by atoms with Gasteiger partial charge in [-0.15, -0.1) is 0 Å². The number of hydrogen-bond acceptors (Lipinski definition) is 6. The summed E-state index contributed by atoms with van der Waals surface area (Å²) < 4.78 is 33.8. The van der Waals surface area contributed by atoms with E-state index in [1.165, 1.54) is 12.1 Å². The van der Waals surface area contributed by atoms with Gasteiger partial charge >= 0.3 is 0 Å². The fourth-order valence-corrected chi connectivity index (χ4v) is 4.21. The van der Waals surface area contributed by atoms with Crippen molar-refractivity contribution in [1.29, 1.82) is 0 Å². The molecule has 3 aromatic carbocycles. The first-order chi connectivity index (χ1) is 17.7. The molecular formula is C29H31F2N3O3. The molecule has 0 aliphatic carbocycles. The number of halogens is 2. The molecule has 0 saturated carbocycles. The van der Waals surface area contributed by atoms with Crippen molar-refractivity contribution in [2.24, 2.45) is 5.73 Å². The second-order valence-electron chi connectivity index (χ2n) is 9.71. The van der Waals surface area contributed by atoms with E-state index in [1.54, 1.807) is 0 Å². The highest BCUT2D eigenvalue weighted by Crippen LogP contribution is 2.31. The quantitative estimate of drug-likeness (QED) is 0.289. The molecule has 4 aromatic rings. The second kappa shape index (κ2) is 11.3. The summed E-state index contributed by atoms with van der Waals surface area (Å²) in [7, 11) is 0. The van der Waals surface area contributed by atoms with E-state index in [2.05, 4.69) is 16.2 Å². The van der Waals surface area contributed by atoms with Gasteiger partial charge < -0.3 is 20.5 Å². The lowest BCUT2D eigenvalue weighted by Crippen LogP contribution is -2.47. The van der Waals surface area contributed by atoms with Crippen LogP contribution >= 0.6 is 0 Å². The normalized spacial score (nSPS) is 12.6. The molecule has 0 aliphatic heterocycles. The Morgan fingerprint density at radius 2 is 1.54 bits per heavy atom. The van der Waals surface area contributed by atoms with Gasteiger partial charge in [-0.1, -0.05) is 47.6 Å². The van der Waals surface area contributed by atoms with Crippen LogP contribution in [-0.2, 0) is 12.8 Å². The van der Waals surface area contributed by atoms with Crippen molar-refractivity contribution in [2.75, 3.05) is 13.2 Å². The van der Waals surface area contributed by atoms with Crippen molar-refractivity contribution < 1.29 is 23.5 Å². The van der Waals surface area contributed by atoms with Crippen LogP contribution < -0.4 is 5.73 Å². The van der Waals surface area contributed by atoms with Crippen LogP contribution in [0.2, 0.25) is 0 Å². The summed E-state index contributed by atoms with van der Waals surface area (Å²) in [5, 5.41) is 22.9. The van der Waals surface area contributed by atoms with Gasteiger partial charge in [0.15, 0.2) is 0 Å². The maximum atomic E-state index is 14.1. The van der Waals surface area contributed by atoms with Crippen LogP contribution in [0.3, 0.4) is 0 Å². The third kappa shape index (κ3) is 6.46. The maximum absolute atomic E-state index is 14.1. The summed E-state index contributed by atoms with van der Waals surface area (Å²) >= 11 is 0. The van der Waals surface area contributed by atoms with Gasteiger partial charge in [0.25, 0.3) is 0 Å². The van der Waals surface area contributed by atoms with Crippen molar-refractivity contribution in [3.63, 3.8) is 0 Å². The van der Waals surface area contributed by atoms with Crippen molar-refractivity contribution in [3.8, 4) is 11.4 Å². The number of nitrogens with zero attached hydrogens (tertiary/aromatic N) is 2. The highest BCUT2D eigenvalue weighted by molar-refractivity contribution is 5.55. The number of aliphatic hydroxyl groups excluding tert-OH is 2. The molecule has 37 heavy (non-hydrogen) atoms. The van der Waals surface area contributed by atoms with Gasteiger partial charge in [0.1, 0.15) is 11.6 Å². The average molecular weight is 508 g/mol. The van der Waals surface area contributed by atoms with Crippen LogP contribution in [-0.4, -0.2) is 39.1 Å². The topological polar surface area (TPSA) is 105 Å². The molecule has 4 N–H and O–H groups in total. The third-order valence-electron chi connectivity index (χ3n) is 6.79. The molecule has 0 bridgehead atoms. The van der Waals surface area contributed by atoms with E-state index in [9.17, 15) is 19.0 Å². The third-order valence-corrected chi connectivity index (χ3v) is 6.79. The van der Waals surface area contributed by atoms with Gasteiger partial charge in [0.2, 0.25) is 11.7 Å². The van der Waals surface area contributed by atoms with E-state index in [0.717, 1.165) is 33.9 Å². The van der Waals surface area contributed by atoms with Crippen LogP contribution in [0.25, 0.3) is 11.4 Å². The van der Waals surface area contributed by atoms with Crippen LogP contribution in [0.5, 0.6) is 0 Å². The van der Waals surface area contributed by atoms with E-state index in [4.69, 9.17) is 10.3 Å². The molecule has 8 heteroatoms. The highest BCUT2D eigenvalue weighted by atomic mass is 19.1. The monoisotopic (exact) mass is 507 g/mol. The fourth-order valence-electron chi connectivity index (χ4n) is 4.21. The van der Waals surface area contributed by atoms with Gasteiger partial charge in [0, 0.05) is 11.6 Å². The molecule has 0 aliphatic rings. The lowest BCUT2D eigenvalue weighted by molar-refractivity contribution is 0.115. The number of nitrogens with two attached hydrogens (primary N) is 1. The smallest absolute Gasteiger partial charge is 0.234 e. The summed E-state index contributed by atoms with van der Waals surface area (Å²) in [6.45, 7) is 3.45. The molecule has 0 spiro atoms. The zero-order valence-corrected chi connectivity index (χ0v) is 20.9. The number of aliphatic hydroxyl groups is 2. The summed E-state index contributed by atoms with van der Waals surface area (Å²) in [4.78, 5) is 4.59. The van der Waals surface area contributed by atoms with Crippen molar-refractivity contribution in [3.05, 3.63) is 106 Å². The number of aryl methyl sites for hydroxylation is 3. The van der Waals surface area contributed by atoms with Gasteiger partial charge in [-0.25, -0.2) is 8.78 Å². The van der Waals surface area contributed by atoms with E-state index in [-0.39, 0.29) is 19.1 Å². The van der Waals surface area contributed by atoms with Gasteiger partial charge in [0.05, 0.1) is 24.7 Å². The van der Waals surface area contributed by atoms with Crippen LogP contribution in [0.1, 0.15) is 46.0 Å². The molecule has 1 unspecified atom stereocenters. The number of benzene rings is 3. The maximum Gasteiger partial charge on any atom is 0.234 e. The molecule has 4 rings (SSSR count). The first-order valence-electron chi connectivity index (χ1n) is 12.2. The Hall–Kier alpha value is -3.46. The van der Waals surface area contributed by atoms with E-state index < -0.39 is 23.1 Å². The van der Waals surface area contributed by atoms with Gasteiger partial charge in [-0.3, -0.25) is 0 Å². The van der Waals surface area contributed by atoms with Crippen molar-refractivity contribution in [2.45, 2.75) is 44.6 Å². The van der Waals surface area contributed by atoms with Crippen LogP contribution in [0, 0.1) is 25.5 Å². The zero-order valence-electron chi connectivity index (χ0n) is 20.9. The number of aromatic nitrogens is 2. The number of hydrogen-bond donors (Lipinski definition) is 3.